The lowest BCUT2D eigenvalue weighted by atomic mass is 10.1. The molecule has 2 aromatic rings. The molecule has 2 aromatic carbocycles. The number of nitrogens with zero attached hydrogens (tertiary/aromatic N) is 1. The van der Waals surface area contributed by atoms with Gasteiger partial charge in [-0.15, -0.1) is 0 Å². The van der Waals surface area contributed by atoms with Gasteiger partial charge in [-0.05, 0) is 42.7 Å². The number of ether oxygens (including phenoxy) is 1. The van der Waals surface area contributed by atoms with E-state index in [9.17, 15) is 13.2 Å². The molecule has 144 valence electrons. The van der Waals surface area contributed by atoms with Crippen LogP contribution >= 0.6 is 0 Å². The fraction of sp³-hybridized carbons (Fsp3) is 0.350. The summed E-state index contributed by atoms with van der Waals surface area (Å²) in [6, 6.07) is 16.0. The van der Waals surface area contributed by atoms with Gasteiger partial charge in [-0.3, -0.25) is 9.10 Å². The molecular formula is C20H24N2O4S. The number of carbonyl (C=O) groups excluding carboxylic acids is 1. The molecule has 1 N–H and O–H groups in total. The molecule has 1 heterocycles. The van der Waals surface area contributed by atoms with Crippen LogP contribution in [0.3, 0.4) is 0 Å². The standard InChI is InChI=1S/C20H24N2O4S/c1-27(24,25)22(15-16-6-3-2-4-7-16)18-11-9-17(10-12-18)20(23)21-14-19-8-5-13-26-19/h2-4,6-7,9-12,19H,5,8,13-15H2,1H3,(H,21,23)/t19-/m0/s1. The first-order valence-electron chi connectivity index (χ1n) is 8.95. The third-order valence-electron chi connectivity index (χ3n) is 4.50. The van der Waals surface area contributed by atoms with Gasteiger partial charge in [0.1, 0.15) is 0 Å². The number of benzene rings is 2. The SMILES string of the molecule is CS(=O)(=O)N(Cc1ccccc1)c1ccc(C(=O)NC[C@@H]2CCCO2)cc1. The van der Waals surface area contributed by atoms with E-state index in [-0.39, 0.29) is 18.6 Å². The monoisotopic (exact) mass is 388 g/mol. The summed E-state index contributed by atoms with van der Waals surface area (Å²) in [6.07, 6.45) is 3.25. The largest absolute Gasteiger partial charge is 0.376 e. The molecule has 0 spiro atoms. The Labute approximate surface area is 160 Å². The Kier molecular flexibility index (Phi) is 6.13. The summed E-state index contributed by atoms with van der Waals surface area (Å²) < 4.78 is 31.3. The van der Waals surface area contributed by atoms with E-state index in [4.69, 9.17) is 4.74 Å². The van der Waals surface area contributed by atoms with E-state index in [0.29, 0.717) is 17.8 Å². The molecule has 0 unspecified atom stereocenters. The van der Waals surface area contributed by atoms with Gasteiger partial charge < -0.3 is 10.1 Å². The van der Waals surface area contributed by atoms with Crippen LogP contribution in [0.1, 0.15) is 28.8 Å². The van der Waals surface area contributed by atoms with Crippen molar-refractivity contribution in [2.24, 2.45) is 0 Å². The van der Waals surface area contributed by atoms with Gasteiger partial charge in [0.2, 0.25) is 10.0 Å². The third-order valence-corrected chi connectivity index (χ3v) is 5.64. The molecule has 1 atom stereocenters. The molecule has 6 nitrogen and oxygen atoms in total. The van der Waals surface area contributed by atoms with E-state index in [1.54, 1.807) is 24.3 Å². The lowest BCUT2D eigenvalue weighted by molar-refractivity contribution is 0.0858. The highest BCUT2D eigenvalue weighted by Crippen LogP contribution is 2.21. The number of rotatable bonds is 7. The summed E-state index contributed by atoms with van der Waals surface area (Å²) in [5, 5.41) is 2.86. The average molecular weight is 388 g/mol. The first-order valence-corrected chi connectivity index (χ1v) is 10.8. The van der Waals surface area contributed by atoms with Crippen LogP contribution in [0.15, 0.2) is 54.6 Å². The minimum Gasteiger partial charge on any atom is -0.376 e. The molecular weight excluding hydrogens is 364 g/mol. The number of anilines is 1. The van der Waals surface area contributed by atoms with Crippen LogP contribution in [0.25, 0.3) is 0 Å². The number of hydrogen-bond acceptors (Lipinski definition) is 4. The van der Waals surface area contributed by atoms with Crippen LogP contribution in [-0.4, -0.2) is 39.8 Å². The number of nitrogens with one attached hydrogen (secondary N) is 1. The number of sulfonamides is 1. The van der Waals surface area contributed by atoms with Gasteiger partial charge in [-0.25, -0.2) is 8.42 Å². The van der Waals surface area contributed by atoms with Crippen LogP contribution in [-0.2, 0) is 21.3 Å². The van der Waals surface area contributed by atoms with Crippen molar-refractivity contribution in [1.29, 1.82) is 0 Å². The van der Waals surface area contributed by atoms with Crippen molar-refractivity contribution in [1.82, 2.24) is 5.32 Å². The Bertz CT molecular complexity index is 861. The number of hydrogen-bond donors (Lipinski definition) is 1. The highest BCUT2D eigenvalue weighted by atomic mass is 32.2. The number of amides is 1. The van der Waals surface area contributed by atoms with Gasteiger partial charge in [0.15, 0.2) is 0 Å². The van der Waals surface area contributed by atoms with E-state index >= 15 is 0 Å². The van der Waals surface area contributed by atoms with Gasteiger partial charge in [-0.2, -0.15) is 0 Å². The maximum absolute atomic E-state index is 12.3. The van der Waals surface area contributed by atoms with Crippen molar-refractivity contribution in [3.8, 4) is 0 Å². The van der Waals surface area contributed by atoms with Crippen LogP contribution in [0.2, 0.25) is 0 Å². The Morgan fingerprint density at radius 1 is 1.15 bits per heavy atom. The molecule has 27 heavy (non-hydrogen) atoms. The zero-order chi connectivity index (χ0) is 19.3. The van der Waals surface area contributed by atoms with E-state index < -0.39 is 10.0 Å². The Morgan fingerprint density at radius 2 is 1.85 bits per heavy atom. The minimum atomic E-state index is -3.45. The van der Waals surface area contributed by atoms with Crippen LogP contribution in [0.4, 0.5) is 5.69 Å². The minimum absolute atomic E-state index is 0.0832. The van der Waals surface area contributed by atoms with Gasteiger partial charge in [0.05, 0.1) is 24.6 Å². The van der Waals surface area contributed by atoms with Gasteiger partial charge >= 0.3 is 0 Å². The second-order valence-electron chi connectivity index (χ2n) is 6.65. The van der Waals surface area contributed by atoms with Crippen molar-refractivity contribution < 1.29 is 17.9 Å². The smallest absolute Gasteiger partial charge is 0.251 e. The second kappa shape index (κ2) is 8.54. The lowest BCUT2D eigenvalue weighted by Crippen LogP contribution is -2.32. The molecule has 3 rings (SSSR count). The van der Waals surface area contributed by atoms with Gasteiger partial charge in [-0.1, -0.05) is 30.3 Å². The van der Waals surface area contributed by atoms with Crippen molar-refractivity contribution in [2.75, 3.05) is 23.7 Å². The normalized spacial score (nSPS) is 16.9. The van der Waals surface area contributed by atoms with E-state index in [2.05, 4.69) is 5.32 Å². The first kappa shape index (κ1) is 19.4. The van der Waals surface area contributed by atoms with Crippen molar-refractivity contribution in [2.45, 2.75) is 25.5 Å². The summed E-state index contributed by atoms with van der Waals surface area (Å²) in [4.78, 5) is 12.3. The maximum Gasteiger partial charge on any atom is 0.251 e. The van der Waals surface area contributed by atoms with Gasteiger partial charge in [0.25, 0.3) is 5.91 Å². The van der Waals surface area contributed by atoms with Crippen LogP contribution in [0, 0.1) is 0 Å². The second-order valence-corrected chi connectivity index (χ2v) is 8.55. The predicted molar refractivity (Wildman–Crippen MR) is 105 cm³/mol. The molecule has 7 heteroatoms. The first-order chi connectivity index (χ1) is 12.9. The predicted octanol–water partition coefficient (Wildman–Crippen LogP) is 2.56. The Hall–Kier alpha value is -2.38. The Morgan fingerprint density at radius 3 is 2.44 bits per heavy atom. The molecule has 0 bridgehead atoms. The summed E-state index contributed by atoms with van der Waals surface area (Å²) in [5.41, 5.74) is 1.91. The Balaban J connectivity index is 1.70. The molecule has 1 saturated heterocycles. The van der Waals surface area contributed by atoms with E-state index in [0.717, 1.165) is 25.0 Å². The molecule has 0 aliphatic carbocycles. The molecule has 1 fully saturated rings. The highest BCUT2D eigenvalue weighted by molar-refractivity contribution is 7.92. The fourth-order valence-electron chi connectivity index (χ4n) is 3.04. The quantitative estimate of drug-likeness (QED) is 0.791. The average Bonchev–Trinajstić information content (AvgIpc) is 3.18. The van der Waals surface area contributed by atoms with Crippen molar-refractivity contribution in [3.63, 3.8) is 0 Å². The van der Waals surface area contributed by atoms with E-state index in [1.807, 2.05) is 30.3 Å². The lowest BCUT2D eigenvalue weighted by Gasteiger charge is -2.22. The van der Waals surface area contributed by atoms with Crippen molar-refractivity contribution in [3.05, 3.63) is 65.7 Å². The number of carbonyl (C=O) groups is 1. The summed E-state index contributed by atoms with van der Waals surface area (Å²) in [7, 11) is -3.45. The molecule has 1 amide bonds. The zero-order valence-corrected chi connectivity index (χ0v) is 16.1. The highest BCUT2D eigenvalue weighted by Gasteiger charge is 2.19. The van der Waals surface area contributed by atoms with Crippen LogP contribution < -0.4 is 9.62 Å². The topological polar surface area (TPSA) is 75.7 Å². The van der Waals surface area contributed by atoms with Crippen LogP contribution in [0.5, 0.6) is 0 Å². The third kappa shape index (κ3) is 5.30. The van der Waals surface area contributed by atoms with Crippen molar-refractivity contribution >= 4 is 21.6 Å². The molecule has 0 aromatic heterocycles. The van der Waals surface area contributed by atoms with E-state index in [1.165, 1.54) is 10.6 Å². The molecule has 0 saturated carbocycles. The molecule has 0 radical (unpaired) electrons. The van der Waals surface area contributed by atoms with Gasteiger partial charge in [0, 0.05) is 18.7 Å². The summed E-state index contributed by atoms with van der Waals surface area (Å²) in [6.45, 7) is 1.48. The maximum atomic E-state index is 12.3. The zero-order valence-electron chi connectivity index (χ0n) is 15.3. The summed E-state index contributed by atoms with van der Waals surface area (Å²) >= 11 is 0. The fourth-order valence-corrected chi connectivity index (χ4v) is 3.93. The molecule has 1 aliphatic heterocycles. The molecule has 1 aliphatic rings. The summed E-state index contributed by atoms with van der Waals surface area (Å²) in [5.74, 6) is -0.189.